The third-order valence-corrected chi connectivity index (χ3v) is 11.8. The first kappa shape index (κ1) is 27.1. The Kier molecular flexibility index (Phi) is 8.07. The van der Waals surface area contributed by atoms with Crippen molar-refractivity contribution in [2.75, 3.05) is 7.11 Å². The van der Waals surface area contributed by atoms with Crippen LogP contribution in [0.3, 0.4) is 0 Å². The number of hydrogen-bond acceptors (Lipinski definition) is 8. The zero-order chi connectivity index (χ0) is 24.8. The Balaban J connectivity index is 0.000000257. The molecule has 0 aliphatic heterocycles. The van der Waals surface area contributed by atoms with Gasteiger partial charge in [0.15, 0.2) is 0 Å². The standard InChI is InChI=1S/C13H14ClF2NO4S2.C4H2Cl2O2S2/c1-21-12(18)11(6-4-7-8(5-6)13(7,15)16)17-23(19,20)10-3-2-9(14)22-10;5-3-1-2-4(9-3)10(6,7)8/h2-3,6-8,11,17H,4-5H2,1H3;1-2H. The molecule has 0 saturated heterocycles. The lowest BCUT2D eigenvalue weighted by Gasteiger charge is -2.24. The fourth-order valence-corrected chi connectivity index (χ4v) is 8.69. The van der Waals surface area contributed by atoms with Gasteiger partial charge in [0, 0.05) is 22.5 Å². The van der Waals surface area contributed by atoms with Gasteiger partial charge in [-0.1, -0.05) is 23.2 Å². The highest BCUT2D eigenvalue weighted by molar-refractivity contribution is 8.15. The molecule has 3 atom stereocenters. The molecule has 33 heavy (non-hydrogen) atoms. The first-order chi connectivity index (χ1) is 15.2. The first-order valence-electron chi connectivity index (χ1n) is 9.10. The summed E-state index contributed by atoms with van der Waals surface area (Å²) in [7, 11) is -1.41. The molecule has 7 nitrogen and oxygen atoms in total. The van der Waals surface area contributed by atoms with E-state index in [9.17, 15) is 30.4 Å². The molecular weight excluding hydrogens is 587 g/mol. The molecule has 0 spiro atoms. The number of ether oxygens (including phenoxy) is 1. The highest BCUT2D eigenvalue weighted by atomic mass is 35.7. The van der Waals surface area contributed by atoms with Gasteiger partial charge in [-0.05, 0) is 43.0 Å². The van der Waals surface area contributed by atoms with E-state index in [1.165, 1.54) is 24.3 Å². The monoisotopic (exact) mass is 601 g/mol. The number of methoxy groups -OCH3 is 1. The normalized spacial score (nSPS) is 24.4. The molecule has 0 aromatic carbocycles. The molecule has 3 unspecified atom stereocenters. The van der Waals surface area contributed by atoms with Crippen molar-refractivity contribution in [3.8, 4) is 0 Å². The van der Waals surface area contributed by atoms with E-state index in [0.29, 0.717) is 8.67 Å². The number of thiophene rings is 2. The van der Waals surface area contributed by atoms with Crippen molar-refractivity contribution in [3.63, 3.8) is 0 Å². The van der Waals surface area contributed by atoms with Gasteiger partial charge in [0.1, 0.15) is 14.5 Å². The van der Waals surface area contributed by atoms with Gasteiger partial charge < -0.3 is 4.74 Å². The average molecular weight is 603 g/mol. The number of halogens is 5. The minimum Gasteiger partial charge on any atom is -0.468 e. The van der Waals surface area contributed by atoms with Crippen LogP contribution in [-0.4, -0.2) is 41.9 Å². The molecule has 2 fully saturated rings. The van der Waals surface area contributed by atoms with Crippen molar-refractivity contribution >= 4 is 81.6 Å². The molecule has 0 radical (unpaired) electrons. The van der Waals surface area contributed by atoms with E-state index in [1.807, 2.05) is 0 Å². The number of alkyl halides is 2. The smallest absolute Gasteiger partial charge is 0.324 e. The summed E-state index contributed by atoms with van der Waals surface area (Å²) in [6.07, 6.45) is 0.205. The van der Waals surface area contributed by atoms with Crippen molar-refractivity contribution in [2.24, 2.45) is 17.8 Å². The molecule has 1 N–H and O–H groups in total. The Morgan fingerprint density at radius 2 is 1.55 bits per heavy atom. The predicted octanol–water partition coefficient (Wildman–Crippen LogP) is 4.84. The van der Waals surface area contributed by atoms with Crippen molar-refractivity contribution < 1.29 is 35.1 Å². The lowest BCUT2D eigenvalue weighted by Crippen LogP contribution is -2.46. The van der Waals surface area contributed by atoms with Crippen molar-refractivity contribution in [3.05, 3.63) is 32.9 Å². The molecular formula is C17H16Cl3F2NO6S4. The van der Waals surface area contributed by atoms with Crippen molar-refractivity contribution in [1.82, 2.24) is 4.72 Å². The van der Waals surface area contributed by atoms with Crippen LogP contribution < -0.4 is 4.72 Å². The van der Waals surface area contributed by atoms with Crippen LogP contribution in [0.4, 0.5) is 8.78 Å². The summed E-state index contributed by atoms with van der Waals surface area (Å²) in [5.74, 6) is -5.48. The second-order valence-corrected chi connectivity index (χ2v) is 15.5. The molecule has 0 amide bonds. The Morgan fingerprint density at radius 3 is 1.91 bits per heavy atom. The second-order valence-electron chi connectivity index (χ2n) is 7.30. The number of hydrogen-bond donors (Lipinski definition) is 1. The molecule has 2 heterocycles. The number of nitrogens with one attached hydrogen (secondary N) is 1. The van der Waals surface area contributed by atoms with Gasteiger partial charge >= 0.3 is 5.97 Å². The number of fused-ring (bicyclic) bond motifs is 1. The van der Waals surface area contributed by atoms with Gasteiger partial charge in [-0.25, -0.2) is 25.6 Å². The first-order valence-corrected chi connectivity index (χ1v) is 15.3. The van der Waals surface area contributed by atoms with E-state index in [0.717, 1.165) is 29.8 Å². The molecule has 184 valence electrons. The van der Waals surface area contributed by atoms with Crippen molar-refractivity contribution in [2.45, 2.75) is 33.2 Å². The molecule has 16 heteroatoms. The predicted molar refractivity (Wildman–Crippen MR) is 122 cm³/mol. The van der Waals surface area contributed by atoms with Gasteiger partial charge in [-0.2, -0.15) is 4.72 Å². The van der Waals surface area contributed by atoms with E-state index in [-0.39, 0.29) is 21.3 Å². The molecule has 2 saturated carbocycles. The quantitative estimate of drug-likeness (QED) is 0.375. The largest absolute Gasteiger partial charge is 0.468 e. The molecule has 0 bridgehead atoms. The summed E-state index contributed by atoms with van der Waals surface area (Å²) in [5.41, 5.74) is 0. The van der Waals surface area contributed by atoms with E-state index in [1.54, 1.807) is 0 Å². The number of esters is 1. The number of carbonyl (C=O) groups excluding carboxylic acids is 1. The molecule has 2 aromatic rings. The highest BCUT2D eigenvalue weighted by Gasteiger charge is 2.72. The summed E-state index contributed by atoms with van der Waals surface area (Å²) in [4.78, 5) is 11.9. The number of sulfonamides is 1. The second kappa shape index (κ2) is 9.84. The maximum absolute atomic E-state index is 13.3. The maximum Gasteiger partial charge on any atom is 0.324 e. The van der Waals surface area contributed by atoms with Gasteiger partial charge in [0.25, 0.3) is 25.0 Å². The topological polar surface area (TPSA) is 107 Å². The van der Waals surface area contributed by atoms with Crippen LogP contribution in [0.25, 0.3) is 0 Å². The average Bonchev–Trinajstić information content (AvgIpc) is 3.28. The Labute approximate surface area is 211 Å². The summed E-state index contributed by atoms with van der Waals surface area (Å²) < 4.78 is 80.1. The maximum atomic E-state index is 13.3. The van der Waals surface area contributed by atoms with Gasteiger partial charge in [-0.15, -0.1) is 22.7 Å². The van der Waals surface area contributed by atoms with Crippen LogP contribution >= 0.6 is 56.6 Å². The van der Waals surface area contributed by atoms with E-state index in [4.69, 9.17) is 33.9 Å². The van der Waals surface area contributed by atoms with Crippen LogP contribution in [0.15, 0.2) is 32.7 Å². The Hall–Kier alpha value is -0.540. The minimum atomic E-state index is -3.97. The van der Waals surface area contributed by atoms with Crippen LogP contribution in [0.1, 0.15) is 12.8 Å². The summed E-state index contributed by atoms with van der Waals surface area (Å²) in [6.45, 7) is 0. The van der Waals surface area contributed by atoms with Gasteiger partial charge in [-0.3, -0.25) is 4.79 Å². The summed E-state index contributed by atoms with van der Waals surface area (Å²) in [6, 6.07) is 4.44. The number of carbonyl (C=O) groups is 1. The molecule has 2 aromatic heterocycles. The molecule has 2 aliphatic rings. The fraction of sp³-hybridized carbons (Fsp3) is 0.471. The fourth-order valence-electron chi connectivity index (χ4n) is 3.68. The van der Waals surface area contributed by atoms with E-state index >= 15 is 0 Å². The summed E-state index contributed by atoms with van der Waals surface area (Å²) >= 11 is 13.0. The molecule has 2 aliphatic carbocycles. The third-order valence-electron chi connectivity index (χ3n) is 5.29. The van der Waals surface area contributed by atoms with Crippen LogP contribution in [0.2, 0.25) is 8.67 Å². The SMILES string of the molecule is COC(=O)C(NS(=O)(=O)c1ccc(Cl)s1)C1CC2C(C1)C2(F)F.O=S(=O)(Cl)c1ccc(Cl)s1. The van der Waals surface area contributed by atoms with Crippen LogP contribution in [-0.2, 0) is 28.6 Å². The lowest BCUT2D eigenvalue weighted by atomic mass is 9.94. The number of rotatable bonds is 6. The zero-order valence-electron chi connectivity index (χ0n) is 16.5. The Morgan fingerprint density at radius 1 is 1.06 bits per heavy atom. The lowest BCUT2D eigenvalue weighted by molar-refractivity contribution is -0.144. The highest BCUT2D eigenvalue weighted by Crippen LogP contribution is 2.66. The molecule has 4 rings (SSSR count). The van der Waals surface area contributed by atoms with Gasteiger partial charge in [0.2, 0.25) is 0 Å². The third kappa shape index (κ3) is 6.18. The van der Waals surface area contributed by atoms with E-state index in [2.05, 4.69) is 9.46 Å². The van der Waals surface area contributed by atoms with Crippen molar-refractivity contribution in [1.29, 1.82) is 0 Å². The Bertz CT molecular complexity index is 1230. The summed E-state index contributed by atoms with van der Waals surface area (Å²) in [5, 5.41) is 0. The minimum absolute atomic E-state index is 0.0371. The zero-order valence-corrected chi connectivity index (χ0v) is 22.0. The van der Waals surface area contributed by atoms with E-state index < -0.39 is 54.8 Å². The van der Waals surface area contributed by atoms with Gasteiger partial charge in [0.05, 0.1) is 15.8 Å². The van der Waals surface area contributed by atoms with Crippen LogP contribution in [0.5, 0.6) is 0 Å². The van der Waals surface area contributed by atoms with Crippen LogP contribution in [0, 0.1) is 17.8 Å².